The summed E-state index contributed by atoms with van der Waals surface area (Å²) in [6.45, 7) is 0.590. The summed E-state index contributed by atoms with van der Waals surface area (Å²) in [5.41, 5.74) is 0.429. The highest BCUT2D eigenvalue weighted by Crippen LogP contribution is 2.34. The Balaban J connectivity index is 1.91. The summed E-state index contributed by atoms with van der Waals surface area (Å²) in [6, 6.07) is 7.45. The van der Waals surface area contributed by atoms with E-state index in [9.17, 15) is 4.79 Å². The Morgan fingerprint density at radius 2 is 1.83 bits per heavy atom. The summed E-state index contributed by atoms with van der Waals surface area (Å²) >= 11 is 3.54. The molecule has 0 aliphatic rings. The molecule has 24 heavy (non-hydrogen) atoms. The van der Waals surface area contributed by atoms with Crippen LogP contribution in [0.2, 0.25) is 0 Å². The van der Waals surface area contributed by atoms with Crippen molar-refractivity contribution in [1.82, 2.24) is 5.32 Å². The third kappa shape index (κ3) is 4.82. The molecule has 0 bridgehead atoms. The average Bonchev–Trinajstić information content (AvgIpc) is 3.13. The van der Waals surface area contributed by atoms with Crippen LogP contribution >= 0.6 is 23.1 Å². The van der Waals surface area contributed by atoms with Gasteiger partial charge in [0.15, 0.2) is 11.5 Å². The van der Waals surface area contributed by atoms with E-state index in [1.807, 2.05) is 6.07 Å². The van der Waals surface area contributed by atoms with Crippen LogP contribution in [-0.4, -0.2) is 39.5 Å². The second-order valence-electron chi connectivity index (χ2n) is 4.80. The van der Waals surface area contributed by atoms with E-state index in [0.717, 1.165) is 11.5 Å². The standard InChI is InChI=1S/C17H21NO4S2/c1-20-14-10-16(22-3)15(21-2)9-13(14)17(19)18-6-8-23-11-12-5-4-7-24-12/h4-5,7,9-10H,6,8,11H2,1-3H3,(H,18,19). The number of hydrogen-bond acceptors (Lipinski definition) is 6. The summed E-state index contributed by atoms with van der Waals surface area (Å²) in [7, 11) is 4.60. The van der Waals surface area contributed by atoms with Gasteiger partial charge in [-0.2, -0.15) is 11.8 Å². The van der Waals surface area contributed by atoms with Gasteiger partial charge in [0, 0.05) is 35.1 Å². The molecule has 0 radical (unpaired) electrons. The third-order valence-electron chi connectivity index (χ3n) is 3.31. The number of carbonyl (C=O) groups is 1. The quantitative estimate of drug-likeness (QED) is 0.688. The van der Waals surface area contributed by atoms with Gasteiger partial charge in [-0.05, 0) is 11.4 Å². The monoisotopic (exact) mass is 367 g/mol. The molecule has 0 atom stereocenters. The van der Waals surface area contributed by atoms with Gasteiger partial charge in [-0.3, -0.25) is 4.79 Å². The minimum Gasteiger partial charge on any atom is -0.496 e. The van der Waals surface area contributed by atoms with Gasteiger partial charge in [0.05, 0.1) is 26.9 Å². The van der Waals surface area contributed by atoms with Crippen molar-refractivity contribution in [2.75, 3.05) is 33.6 Å². The lowest BCUT2D eigenvalue weighted by molar-refractivity contribution is 0.0952. The van der Waals surface area contributed by atoms with Crippen molar-refractivity contribution < 1.29 is 19.0 Å². The zero-order chi connectivity index (χ0) is 17.4. The molecule has 1 N–H and O–H groups in total. The van der Waals surface area contributed by atoms with Gasteiger partial charge < -0.3 is 19.5 Å². The predicted molar refractivity (Wildman–Crippen MR) is 98.9 cm³/mol. The van der Waals surface area contributed by atoms with E-state index in [1.54, 1.807) is 42.3 Å². The maximum Gasteiger partial charge on any atom is 0.255 e. The zero-order valence-corrected chi connectivity index (χ0v) is 15.6. The lowest BCUT2D eigenvalue weighted by Crippen LogP contribution is -2.26. The molecule has 1 amide bonds. The topological polar surface area (TPSA) is 56.8 Å². The summed E-state index contributed by atoms with van der Waals surface area (Å²) in [4.78, 5) is 13.7. The SMILES string of the molecule is COc1cc(OC)c(C(=O)NCCSCc2cccs2)cc1OC. The van der Waals surface area contributed by atoms with Crippen LogP contribution < -0.4 is 19.5 Å². The van der Waals surface area contributed by atoms with Gasteiger partial charge >= 0.3 is 0 Å². The van der Waals surface area contributed by atoms with E-state index in [0.29, 0.717) is 29.4 Å². The van der Waals surface area contributed by atoms with Crippen LogP contribution in [0.1, 0.15) is 15.2 Å². The van der Waals surface area contributed by atoms with Crippen LogP contribution in [0.25, 0.3) is 0 Å². The van der Waals surface area contributed by atoms with E-state index in [-0.39, 0.29) is 5.91 Å². The molecule has 1 aromatic heterocycles. The summed E-state index contributed by atoms with van der Waals surface area (Å²) in [5, 5.41) is 4.98. The van der Waals surface area contributed by atoms with Crippen molar-refractivity contribution in [3.05, 3.63) is 40.1 Å². The van der Waals surface area contributed by atoms with E-state index in [4.69, 9.17) is 14.2 Å². The van der Waals surface area contributed by atoms with Crippen molar-refractivity contribution in [3.8, 4) is 17.2 Å². The van der Waals surface area contributed by atoms with E-state index >= 15 is 0 Å². The fourth-order valence-electron chi connectivity index (χ4n) is 2.11. The lowest BCUT2D eigenvalue weighted by Gasteiger charge is -2.14. The number of hydrogen-bond donors (Lipinski definition) is 1. The van der Waals surface area contributed by atoms with Gasteiger partial charge in [-0.1, -0.05) is 6.07 Å². The van der Waals surface area contributed by atoms with Crippen LogP contribution in [0, 0.1) is 0 Å². The van der Waals surface area contributed by atoms with Gasteiger partial charge in [-0.15, -0.1) is 11.3 Å². The molecule has 0 saturated carbocycles. The number of carbonyl (C=O) groups excluding carboxylic acids is 1. The number of rotatable bonds is 9. The van der Waals surface area contributed by atoms with Crippen LogP contribution in [0.4, 0.5) is 0 Å². The predicted octanol–water partition coefficient (Wildman–Crippen LogP) is 3.44. The number of ether oxygens (including phenoxy) is 3. The number of benzene rings is 1. The molecule has 0 saturated heterocycles. The Morgan fingerprint density at radius 3 is 2.46 bits per heavy atom. The van der Waals surface area contributed by atoms with E-state index in [2.05, 4.69) is 16.8 Å². The molecule has 0 aliphatic carbocycles. The highest BCUT2D eigenvalue weighted by Gasteiger charge is 2.17. The molecule has 2 rings (SSSR count). The van der Waals surface area contributed by atoms with E-state index < -0.39 is 0 Å². The molecule has 1 heterocycles. The molecule has 7 heteroatoms. The molecule has 5 nitrogen and oxygen atoms in total. The fraction of sp³-hybridized carbons (Fsp3) is 0.353. The first kappa shape index (κ1) is 18.5. The Kier molecular flexibility index (Phi) is 7.27. The van der Waals surface area contributed by atoms with Crippen molar-refractivity contribution in [2.45, 2.75) is 5.75 Å². The highest BCUT2D eigenvalue weighted by molar-refractivity contribution is 7.98. The Bertz CT molecular complexity index is 659. The first-order valence-electron chi connectivity index (χ1n) is 7.38. The zero-order valence-electron chi connectivity index (χ0n) is 14.0. The average molecular weight is 367 g/mol. The van der Waals surface area contributed by atoms with E-state index in [1.165, 1.54) is 19.1 Å². The second kappa shape index (κ2) is 9.44. The Labute approximate surface area is 150 Å². The number of methoxy groups -OCH3 is 3. The van der Waals surface area contributed by atoms with Gasteiger partial charge in [0.2, 0.25) is 0 Å². The van der Waals surface area contributed by atoms with Gasteiger partial charge in [0.1, 0.15) is 5.75 Å². The smallest absolute Gasteiger partial charge is 0.255 e. The molecule has 2 aromatic rings. The van der Waals surface area contributed by atoms with Crippen LogP contribution in [0.15, 0.2) is 29.6 Å². The minimum absolute atomic E-state index is 0.190. The summed E-state index contributed by atoms with van der Waals surface area (Å²) < 4.78 is 15.8. The third-order valence-corrected chi connectivity index (χ3v) is 5.37. The molecule has 1 aromatic carbocycles. The van der Waals surface area contributed by atoms with Crippen molar-refractivity contribution >= 4 is 29.0 Å². The number of amides is 1. The highest BCUT2D eigenvalue weighted by atomic mass is 32.2. The van der Waals surface area contributed by atoms with Crippen LogP contribution in [0.3, 0.4) is 0 Å². The number of nitrogens with one attached hydrogen (secondary N) is 1. The number of thiophene rings is 1. The molecule has 130 valence electrons. The van der Waals surface area contributed by atoms with Crippen LogP contribution in [-0.2, 0) is 5.75 Å². The van der Waals surface area contributed by atoms with Gasteiger partial charge in [-0.25, -0.2) is 0 Å². The molecular formula is C17H21NO4S2. The van der Waals surface area contributed by atoms with Crippen molar-refractivity contribution in [3.63, 3.8) is 0 Å². The van der Waals surface area contributed by atoms with Gasteiger partial charge in [0.25, 0.3) is 5.91 Å². The largest absolute Gasteiger partial charge is 0.496 e. The van der Waals surface area contributed by atoms with Crippen molar-refractivity contribution in [2.24, 2.45) is 0 Å². The summed E-state index contributed by atoms with van der Waals surface area (Å²) in [6.07, 6.45) is 0. The Hall–Kier alpha value is -1.86. The first-order valence-corrected chi connectivity index (χ1v) is 9.41. The molecule has 0 unspecified atom stereocenters. The molecule has 0 aliphatic heterocycles. The number of thioether (sulfide) groups is 1. The lowest BCUT2D eigenvalue weighted by atomic mass is 10.1. The fourth-order valence-corrected chi connectivity index (χ4v) is 3.81. The second-order valence-corrected chi connectivity index (χ2v) is 6.93. The maximum atomic E-state index is 12.4. The Morgan fingerprint density at radius 1 is 1.12 bits per heavy atom. The molecule has 0 spiro atoms. The molecule has 0 fully saturated rings. The maximum absolute atomic E-state index is 12.4. The normalized spacial score (nSPS) is 10.3. The summed E-state index contributed by atoms with van der Waals surface area (Å²) in [5.74, 6) is 3.10. The van der Waals surface area contributed by atoms with Crippen LogP contribution in [0.5, 0.6) is 17.2 Å². The first-order chi connectivity index (χ1) is 11.7. The molecular weight excluding hydrogens is 346 g/mol. The van der Waals surface area contributed by atoms with Crippen molar-refractivity contribution in [1.29, 1.82) is 0 Å². The minimum atomic E-state index is -0.190.